The second-order valence-electron chi connectivity index (χ2n) is 9.54. The van der Waals surface area contributed by atoms with Gasteiger partial charge in [-0.25, -0.2) is 9.69 Å². The lowest BCUT2D eigenvalue weighted by molar-refractivity contribution is -0.125. The summed E-state index contributed by atoms with van der Waals surface area (Å²) in [7, 11) is 0. The predicted octanol–water partition coefficient (Wildman–Crippen LogP) is 4.34. The molecule has 3 aromatic rings. The van der Waals surface area contributed by atoms with Crippen molar-refractivity contribution in [3.05, 3.63) is 65.4 Å². The lowest BCUT2D eigenvalue weighted by Crippen LogP contribution is -2.49. The van der Waals surface area contributed by atoms with Gasteiger partial charge >= 0.3 is 6.03 Å². The summed E-state index contributed by atoms with van der Waals surface area (Å²) in [6.45, 7) is 6.29. The molecule has 0 aliphatic carbocycles. The van der Waals surface area contributed by atoms with Crippen LogP contribution in [0.4, 0.5) is 10.5 Å². The summed E-state index contributed by atoms with van der Waals surface area (Å²) < 4.78 is 5.51. The second kappa shape index (κ2) is 9.78. The number of amides is 4. The fraction of sp³-hybridized carbons (Fsp3) is 0.393. The highest BCUT2D eigenvalue weighted by atomic mass is 16.5. The van der Waals surface area contributed by atoms with E-state index in [4.69, 9.17) is 4.74 Å². The molecule has 2 aliphatic rings. The molecule has 0 unspecified atom stereocenters. The largest absolute Gasteiger partial charge is 0.381 e. The molecule has 4 amide bonds. The average molecular weight is 489 g/mol. The Hall–Kier alpha value is -3.65. The summed E-state index contributed by atoms with van der Waals surface area (Å²) in [5.74, 6) is -0.485. The minimum Gasteiger partial charge on any atom is -0.381 e. The van der Waals surface area contributed by atoms with Gasteiger partial charge in [-0.3, -0.25) is 9.59 Å². The van der Waals surface area contributed by atoms with Crippen molar-refractivity contribution in [2.45, 2.75) is 45.1 Å². The summed E-state index contributed by atoms with van der Waals surface area (Å²) in [6, 6.07) is 14.3. The number of aromatic amines is 1. The van der Waals surface area contributed by atoms with Crippen molar-refractivity contribution in [1.82, 2.24) is 15.2 Å². The molecule has 188 valence electrons. The molecule has 2 N–H and O–H groups in total. The number of hydrogen-bond acceptors (Lipinski definition) is 4. The maximum atomic E-state index is 13.8. The number of urea groups is 1. The normalized spacial score (nSPS) is 19.1. The van der Waals surface area contributed by atoms with Gasteiger partial charge in [0.05, 0.1) is 11.4 Å². The standard InChI is InChI=1S/C28H32N4O4/c1-3-4-17-36-18-7-15-29-25(33)19-10-12-20(13-11-19)32-26(34)28(2)24-22(14-16-31(28)27(32)35)21-8-5-6-9-23(21)30-24/h5-6,8-13,30H,3-4,7,14-18H2,1-2H3,(H,29,33)/t28-/m0/s1. The third-order valence-electron chi connectivity index (χ3n) is 7.25. The van der Waals surface area contributed by atoms with Crippen LogP contribution in [0.15, 0.2) is 48.5 Å². The fourth-order valence-electron chi connectivity index (χ4n) is 5.21. The Balaban J connectivity index is 1.29. The van der Waals surface area contributed by atoms with Crippen LogP contribution in [0.2, 0.25) is 0 Å². The first kappa shape index (κ1) is 24.1. The number of aromatic nitrogens is 1. The monoisotopic (exact) mass is 488 g/mol. The summed E-state index contributed by atoms with van der Waals surface area (Å²) in [4.78, 5) is 45.9. The third kappa shape index (κ3) is 3.95. The van der Waals surface area contributed by atoms with Crippen LogP contribution in [0.5, 0.6) is 0 Å². The van der Waals surface area contributed by atoms with Crippen LogP contribution in [-0.4, -0.2) is 54.0 Å². The van der Waals surface area contributed by atoms with E-state index in [0.717, 1.165) is 48.0 Å². The highest BCUT2D eigenvalue weighted by molar-refractivity contribution is 6.23. The van der Waals surface area contributed by atoms with Gasteiger partial charge < -0.3 is 19.9 Å². The number of carbonyl (C=O) groups is 3. The van der Waals surface area contributed by atoms with Crippen molar-refractivity contribution >= 4 is 34.4 Å². The van der Waals surface area contributed by atoms with Gasteiger partial charge in [0.1, 0.15) is 0 Å². The van der Waals surface area contributed by atoms with E-state index in [0.29, 0.717) is 37.4 Å². The zero-order valence-electron chi connectivity index (χ0n) is 20.8. The highest BCUT2D eigenvalue weighted by Crippen LogP contribution is 2.45. The molecule has 0 bridgehead atoms. The van der Waals surface area contributed by atoms with Gasteiger partial charge in [0.15, 0.2) is 5.54 Å². The average Bonchev–Trinajstić information content (AvgIpc) is 3.37. The zero-order valence-corrected chi connectivity index (χ0v) is 20.8. The van der Waals surface area contributed by atoms with Crippen LogP contribution >= 0.6 is 0 Å². The molecule has 2 aromatic carbocycles. The predicted molar refractivity (Wildman–Crippen MR) is 138 cm³/mol. The van der Waals surface area contributed by atoms with Crippen LogP contribution in [0.1, 0.15) is 54.7 Å². The van der Waals surface area contributed by atoms with Crippen LogP contribution < -0.4 is 10.2 Å². The Morgan fingerprint density at radius 2 is 1.83 bits per heavy atom. The minimum absolute atomic E-state index is 0.193. The van der Waals surface area contributed by atoms with E-state index >= 15 is 0 Å². The number of hydrogen-bond donors (Lipinski definition) is 2. The summed E-state index contributed by atoms with van der Waals surface area (Å²) in [6.07, 6.45) is 3.57. The zero-order chi connectivity index (χ0) is 25.3. The molecule has 8 heteroatoms. The summed E-state index contributed by atoms with van der Waals surface area (Å²) in [5, 5.41) is 3.98. The van der Waals surface area contributed by atoms with Crippen molar-refractivity contribution in [3.8, 4) is 0 Å². The molecule has 1 fully saturated rings. The lowest BCUT2D eigenvalue weighted by atomic mass is 9.87. The number of imide groups is 1. The molecule has 8 nitrogen and oxygen atoms in total. The van der Waals surface area contributed by atoms with Crippen LogP contribution in [-0.2, 0) is 21.5 Å². The van der Waals surface area contributed by atoms with Crippen molar-refractivity contribution in [2.24, 2.45) is 0 Å². The van der Waals surface area contributed by atoms with Gasteiger partial charge in [0.2, 0.25) is 0 Å². The van der Waals surface area contributed by atoms with Gasteiger partial charge in [-0.05, 0) is 62.1 Å². The van der Waals surface area contributed by atoms with E-state index in [-0.39, 0.29) is 17.8 Å². The SMILES string of the molecule is CCCCOCCCNC(=O)c1ccc(N2C(=O)N3CCc4c([nH]c5ccccc45)[C@@]3(C)C2=O)cc1. The molecule has 1 saturated heterocycles. The van der Waals surface area contributed by atoms with Crippen molar-refractivity contribution < 1.29 is 19.1 Å². The van der Waals surface area contributed by atoms with Gasteiger partial charge in [0.25, 0.3) is 11.8 Å². The number of benzene rings is 2. The van der Waals surface area contributed by atoms with Gasteiger partial charge in [-0.1, -0.05) is 31.5 Å². The Labute approximate surface area is 210 Å². The first-order valence-electron chi connectivity index (χ1n) is 12.7. The Morgan fingerprint density at radius 3 is 2.61 bits per heavy atom. The maximum absolute atomic E-state index is 13.8. The van der Waals surface area contributed by atoms with E-state index in [1.54, 1.807) is 29.2 Å². The Morgan fingerprint density at radius 1 is 1.08 bits per heavy atom. The number of fused-ring (bicyclic) bond motifs is 5. The van der Waals surface area contributed by atoms with Crippen LogP contribution in [0, 0.1) is 0 Å². The van der Waals surface area contributed by atoms with Crippen LogP contribution in [0.25, 0.3) is 10.9 Å². The van der Waals surface area contributed by atoms with E-state index in [9.17, 15) is 14.4 Å². The Kier molecular flexibility index (Phi) is 6.53. The third-order valence-corrected chi connectivity index (χ3v) is 7.25. The van der Waals surface area contributed by atoms with Gasteiger partial charge in [-0.15, -0.1) is 0 Å². The van der Waals surface area contributed by atoms with Gasteiger partial charge in [-0.2, -0.15) is 0 Å². The molecule has 1 atom stereocenters. The fourth-order valence-corrected chi connectivity index (χ4v) is 5.21. The van der Waals surface area contributed by atoms with E-state index in [1.807, 2.05) is 31.2 Å². The molecule has 0 radical (unpaired) electrons. The summed E-state index contributed by atoms with van der Waals surface area (Å²) in [5.41, 5.74) is 2.68. The van der Waals surface area contributed by atoms with E-state index < -0.39 is 5.54 Å². The summed E-state index contributed by atoms with van der Waals surface area (Å²) >= 11 is 0. The van der Waals surface area contributed by atoms with Crippen LogP contribution in [0.3, 0.4) is 0 Å². The second-order valence-corrected chi connectivity index (χ2v) is 9.54. The molecule has 0 saturated carbocycles. The topological polar surface area (TPSA) is 94.7 Å². The number of unbranched alkanes of at least 4 members (excludes halogenated alkanes) is 1. The number of para-hydroxylation sites is 1. The number of nitrogens with one attached hydrogen (secondary N) is 2. The molecular weight excluding hydrogens is 456 g/mol. The number of nitrogens with zero attached hydrogens (tertiary/aromatic N) is 2. The first-order chi connectivity index (χ1) is 17.5. The number of rotatable bonds is 9. The van der Waals surface area contributed by atoms with Crippen molar-refractivity contribution in [2.75, 3.05) is 31.2 Å². The number of anilines is 1. The first-order valence-corrected chi connectivity index (χ1v) is 12.7. The van der Waals surface area contributed by atoms with Gasteiger partial charge in [0, 0.05) is 42.8 Å². The van der Waals surface area contributed by atoms with E-state index in [1.165, 1.54) is 4.90 Å². The van der Waals surface area contributed by atoms with E-state index in [2.05, 4.69) is 17.2 Å². The minimum atomic E-state index is -1.10. The quantitative estimate of drug-likeness (QED) is 0.346. The maximum Gasteiger partial charge on any atom is 0.332 e. The number of ether oxygens (including phenoxy) is 1. The molecule has 36 heavy (non-hydrogen) atoms. The molecule has 5 rings (SSSR count). The van der Waals surface area contributed by atoms with Crippen molar-refractivity contribution in [1.29, 1.82) is 0 Å². The lowest BCUT2D eigenvalue weighted by Gasteiger charge is -2.35. The smallest absolute Gasteiger partial charge is 0.332 e. The molecule has 2 aliphatic heterocycles. The molecule has 1 aromatic heterocycles. The highest BCUT2D eigenvalue weighted by Gasteiger charge is 2.58. The Bertz CT molecular complexity index is 1300. The number of H-pyrrole nitrogens is 1. The number of carbonyl (C=O) groups excluding carboxylic acids is 3. The molecule has 3 heterocycles. The molecule has 0 spiro atoms. The van der Waals surface area contributed by atoms with Crippen molar-refractivity contribution in [3.63, 3.8) is 0 Å². The molecular formula is C28H32N4O4.